The molecule has 1 aromatic carbocycles. The van der Waals surface area contributed by atoms with Crippen molar-refractivity contribution < 1.29 is 9.15 Å². The van der Waals surface area contributed by atoms with Crippen LogP contribution in [0.15, 0.2) is 41.1 Å². The van der Waals surface area contributed by atoms with Crippen LogP contribution >= 0.6 is 0 Å². The maximum Gasteiger partial charge on any atom is 0.176 e. The predicted molar refractivity (Wildman–Crippen MR) is 93.2 cm³/mol. The third-order valence-electron chi connectivity index (χ3n) is 4.38. The number of nitrogens with two attached hydrogens (primary N) is 1. The zero-order chi connectivity index (χ0) is 16.5. The highest BCUT2D eigenvalue weighted by Crippen LogP contribution is 2.33. The third kappa shape index (κ3) is 2.69. The lowest BCUT2D eigenvalue weighted by molar-refractivity contribution is 0.411. The van der Waals surface area contributed by atoms with E-state index in [1.807, 2.05) is 24.3 Å². The molecule has 3 heterocycles. The van der Waals surface area contributed by atoms with Gasteiger partial charge in [0, 0.05) is 24.5 Å². The summed E-state index contributed by atoms with van der Waals surface area (Å²) in [5.74, 6) is 2.24. The lowest BCUT2D eigenvalue weighted by Gasteiger charge is -2.31. The summed E-state index contributed by atoms with van der Waals surface area (Å²) in [5.41, 5.74) is 7.51. The number of fused-ring (bicyclic) bond motifs is 1. The second-order valence-electron chi connectivity index (χ2n) is 6.10. The van der Waals surface area contributed by atoms with Crippen LogP contribution in [0.25, 0.3) is 22.4 Å². The Kier molecular flexibility index (Phi) is 3.82. The normalized spacial score (nSPS) is 18.1. The molecule has 1 saturated heterocycles. The fourth-order valence-electron chi connectivity index (χ4n) is 3.17. The second kappa shape index (κ2) is 6.13. The number of methoxy groups -OCH3 is 1. The Balaban J connectivity index is 1.71. The van der Waals surface area contributed by atoms with Crippen molar-refractivity contribution in [3.63, 3.8) is 0 Å². The van der Waals surface area contributed by atoms with E-state index in [-0.39, 0.29) is 6.04 Å². The molecule has 0 amide bonds. The molecule has 1 fully saturated rings. The monoisotopic (exact) mass is 324 g/mol. The van der Waals surface area contributed by atoms with Gasteiger partial charge in [0.25, 0.3) is 0 Å². The van der Waals surface area contributed by atoms with Crippen molar-refractivity contribution in [1.82, 2.24) is 9.97 Å². The summed E-state index contributed by atoms with van der Waals surface area (Å²) in [6, 6.07) is 7.98. The topological polar surface area (TPSA) is 77.4 Å². The van der Waals surface area contributed by atoms with Crippen LogP contribution in [-0.2, 0) is 0 Å². The molecular formula is C18H20N4O2. The quantitative estimate of drug-likeness (QED) is 0.798. The van der Waals surface area contributed by atoms with Gasteiger partial charge < -0.3 is 19.8 Å². The molecule has 2 N–H and O–H groups in total. The van der Waals surface area contributed by atoms with E-state index >= 15 is 0 Å². The minimum Gasteiger partial charge on any atom is -0.493 e. The Morgan fingerprint density at radius 3 is 3.08 bits per heavy atom. The standard InChI is InChI=1S/C18H20N4O2/c1-23-15-6-2-4-12-8-16(24-18(12)15)14-9-20-10-17(21-14)22-7-3-5-13(19)11-22/h2,4,6,8-10,13H,3,5,7,11,19H2,1H3. The molecule has 24 heavy (non-hydrogen) atoms. The predicted octanol–water partition coefficient (Wildman–Crippen LogP) is 2.83. The van der Waals surface area contributed by atoms with Crippen LogP contribution in [0, 0.1) is 0 Å². The van der Waals surface area contributed by atoms with Crippen molar-refractivity contribution in [3.8, 4) is 17.2 Å². The van der Waals surface area contributed by atoms with Gasteiger partial charge in [-0.2, -0.15) is 0 Å². The van der Waals surface area contributed by atoms with Crippen LogP contribution in [0.5, 0.6) is 5.75 Å². The van der Waals surface area contributed by atoms with E-state index in [1.165, 1.54) is 0 Å². The largest absolute Gasteiger partial charge is 0.493 e. The number of furan rings is 1. The molecule has 124 valence electrons. The molecule has 1 atom stereocenters. The summed E-state index contributed by atoms with van der Waals surface area (Å²) in [4.78, 5) is 11.3. The minimum atomic E-state index is 0.194. The first-order valence-corrected chi connectivity index (χ1v) is 8.14. The van der Waals surface area contributed by atoms with Gasteiger partial charge in [0.15, 0.2) is 17.1 Å². The number of piperidine rings is 1. The molecule has 0 saturated carbocycles. The van der Waals surface area contributed by atoms with Gasteiger partial charge >= 0.3 is 0 Å². The van der Waals surface area contributed by atoms with Crippen molar-refractivity contribution in [3.05, 3.63) is 36.7 Å². The number of hydrogen-bond donors (Lipinski definition) is 1. The molecule has 0 bridgehead atoms. The Bertz CT molecular complexity index is 861. The van der Waals surface area contributed by atoms with Crippen molar-refractivity contribution in [2.24, 2.45) is 5.73 Å². The van der Waals surface area contributed by atoms with Crippen LogP contribution in [0.4, 0.5) is 5.82 Å². The smallest absolute Gasteiger partial charge is 0.176 e. The number of anilines is 1. The average Bonchev–Trinajstić information content (AvgIpc) is 3.06. The molecule has 0 radical (unpaired) electrons. The molecule has 6 nitrogen and oxygen atoms in total. The highest BCUT2D eigenvalue weighted by atomic mass is 16.5. The van der Waals surface area contributed by atoms with Crippen LogP contribution < -0.4 is 15.4 Å². The van der Waals surface area contributed by atoms with Gasteiger partial charge in [-0.05, 0) is 25.0 Å². The van der Waals surface area contributed by atoms with Crippen molar-refractivity contribution >= 4 is 16.8 Å². The Labute approximate surface area is 140 Å². The van der Waals surface area contributed by atoms with Gasteiger partial charge in [-0.3, -0.25) is 4.98 Å². The van der Waals surface area contributed by atoms with Crippen LogP contribution in [0.1, 0.15) is 12.8 Å². The molecule has 1 aliphatic heterocycles. The van der Waals surface area contributed by atoms with Gasteiger partial charge in [0.1, 0.15) is 11.5 Å². The van der Waals surface area contributed by atoms with Gasteiger partial charge in [0.05, 0.1) is 19.5 Å². The highest BCUT2D eigenvalue weighted by molar-refractivity contribution is 5.87. The molecule has 6 heteroatoms. The van der Waals surface area contributed by atoms with Gasteiger partial charge in [-0.1, -0.05) is 12.1 Å². The number of rotatable bonds is 3. The van der Waals surface area contributed by atoms with E-state index in [1.54, 1.807) is 19.5 Å². The molecule has 1 aliphatic rings. The van der Waals surface area contributed by atoms with Gasteiger partial charge in [-0.15, -0.1) is 0 Å². The second-order valence-corrected chi connectivity index (χ2v) is 6.10. The van der Waals surface area contributed by atoms with Crippen molar-refractivity contribution in [2.45, 2.75) is 18.9 Å². The van der Waals surface area contributed by atoms with Crippen molar-refractivity contribution in [1.29, 1.82) is 0 Å². The zero-order valence-electron chi connectivity index (χ0n) is 13.6. The van der Waals surface area contributed by atoms with Crippen LogP contribution in [0.2, 0.25) is 0 Å². The van der Waals surface area contributed by atoms with E-state index < -0.39 is 0 Å². The van der Waals surface area contributed by atoms with E-state index in [0.29, 0.717) is 17.2 Å². The van der Waals surface area contributed by atoms with E-state index in [2.05, 4.69) is 9.88 Å². The Morgan fingerprint density at radius 1 is 1.33 bits per heavy atom. The maximum absolute atomic E-state index is 6.07. The van der Waals surface area contributed by atoms with Crippen LogP contribution in [0.3, 0.4) is 0 Å². The average molecular weight is 324 g/mol. The molecule has 0 aliphatic carbocycles. The first-order valence-electron chi connectivity index (χ1n) is 8.14. The molecule has 2 aromatic heterocycles. The summed E-state index contributed by atoms with van der Waals surface area (Å²) in [7, 11) is 1.64. The Morgan fingerprint density at radius 2 is 2.25 bits per heavy atom. The number of benzene rings is 1. The SMILES string of the molecule is COc1cccc2cc(-c3cncc(N4CCCC(N)C4)n3)oc12. The summed E-state index contributed by atoms with van der Waals surface area (Å²) < 4.78 is 11.3. The highest BCUT2D eigenvalue weighted by Gasteiger charge is 2.19. The number of ether oxygens (including phenoxy) is 1. The lowest BCUT2D eigenvalue weighted by atomic mass is 10.1. The number of hydrogen-bond acceptors (Lipinski definition) is 6. The molecule has 0 spiro atoms. The zero-order valence-corrected chi connectivity index (χ0v) is 13.6. The summed E-state index contributed by atoms with van der Waals surface area (Å²) in [5, 5.41) is 0.983. The third-order valence-corrected chi connectivity index (χ3v) is 4.38. The molecular weight excluding hydrogens is 304 g/mol. The van der Waals surface area contributed by atoms with Gasteiger partial charge in [0.2, 0.25) is 0 Å². The summed E-state index contributed by atoms with van der Waals surface area (Å²) in [6.07, 6.45) is 5.64. The number of nitrogens with zero attached hydrogens (tertiary/aromatic N) is 3. The van der Waals surface area contributed by atoms with E-state index in [0.717, 1.165) is 42.7 Å². The minimum absolute atomic E-state index is 0.194. The summed E-state index contributed by atoms with van der Waals surface area (Å²) >= 11 is 0. The molecule has 1 unspecified atom stereocenters. The first-order chi connectivity index (χ1) is 11.7. The molecule has 4 rings (SSSR count). The Hall–Kier alpha value is -2.60. The molecule has 3 aromatic rings. The van der Waals surface area contributed by atoms with Gasteiger partial charge in [-0.25, -0.2) is 4.98 Å². The lowest BCUT2D eigenvalue weighted by Crippen LogP contribution is -2.43. The van der Waals surface area contributed by atoms with Crippen molar-refractivity contribution in [2.75, 3.05) is 25.1 Å². The summed E-state index contributed by atoms with van der Waals surface area (Å²) in [6.45, 7) is 1.77. The number of aromatic nitrogens is 2. The van der Waals surface area contributed by atoms with Crippen LogP contribution in [-0.4, -0.2) is 36.2 Å². The fourth-order valence-corrected chi connectivity index (χ4v) is 3.17. The van der Waals surface area contributed by atoms with E-state index in [9.17, 15) is 0 Å². The maximum atomic E-state index is 6.07. The first kappa shape index (κ1) is 15.0. The van der Waals surface area contributed by atoms with E-state index in [4.69, 9.17) is 19.9 Å². The fraction of sp³-hybridized carbons (Fsp3) is 0.333. The number of para-hydroxylation sites is 1.